The van der Waals surface area contributed by atoms with E-state index in [9.17, 15) is 4.79 Å². The number of hydrogen-bond donors (Lipinski definition) is 2. The zero-order valence-electron chi connectivity index (χ0n) is 9.14. The molecule has 0 aliphatic heterocycles. The molecule has 0 saturated heterocycles. The predicted molar refractivity (Wildman–Crippen MR) is 63.4 cm³/mol. The number of nitrogens with zero attached hydrogens (tertiary/aromatic N) is 1. The molecule has 0 aliphatic rings. The Morgan fingerprint density at radius 3 is 2.69 bits per heavy atom. The van der Waals surface area contributed by atoms with Gasteiger partial charge in [-0.2, -0.15) is 0 Å². The molecule has 1 rings (SSSR count). The van der Waals surface area contributed by atoms with Crippen molar-refractivity contribution in [2.24, 2.45) is 0 Å². The van der Waals surface area contributed by atoms with Crippen molar-refractivity contribution in [1.82, 2.24) is 0 Å². The number of carboxylic acid groups (broad SMARTS) is 1. The Morgan fingerprint density at radius 1 is 1.56 bits per heavy atom. The lowest BCUT2D eigenvalue weighted by atomic mass is 10.1. The van der Waals surface area contributed by atoms with Gasteiger partial charge < -0.3 is 15.1 Å². The molecule has 0 radical (unpaired) electrons. The fourth-order valence-electron chi connectivity index (χ4n) is 1.35. The Morgan fingerprint density at radius 2 is 2.19 bits per heavy atom. The average molecular weight is 244 g/mol. The maximum Gasteiger partial charge on any atom is 0.337 e. The number of likely N-dealkylation sites (N-methyl/N-ethyl adjacent to an activating group) is 1. The molecule has 0 fully saturated rings. The van der Waals surface area contributed by atoms with Crippen LogP contribution in [0, 0.1) is 0 Å². The summed E-state index contributed by atoms with van der Waals surface area (Å²) in [4.78, 5) is 12.7. The van der Waals surface area contributed by atoms with Crippen LogP contribution in [0.2, 0.25) is 5.02 Å². The molecule has 1 aromatic carbocycles. The minimum Gasteiger partial charge on any atom is -0.478 e. The molecule has 0 aliphatic carbocycles. The van der Waals surface area contributed by atoms with E-state index in [0.29, 0.717) is 10.7 Å². The highest BCUT2D eigenvalue weighted by atomic mass is 35.5. The first kappa shape index (κ1) is 12.8. The summed E-state index contributed by atoms with van der Waals surface area (Å²) < 4.78 is 0. The lowest BCUT2D eigenvalue weighted by Gasteiger charge is -2.26. The fraction of sp³-hybridized carbons (Fsp3) is 0.364. The van der Waals surface area contributed by atoms with Gasteiger partial charge in [-0.15, -0.1) is 0 Å². The predicted octanol–water partition coefficient (Wildman–Crippen LogP) is 1.86. The second-order valence-electron chi connectivity index (χ2n) is 3.61. The quantitative estimate of drug-likeness (QED) is 0.847. The van der Waals surface area contributed by atoms with E-state index < -0.39 is 5.97 Å². The summed E-state index contributed by atoms with van der Waals surface area (Å²) in [6.45, 7) is 1.76. The number of aromatic carboxylic acids is 1. The van der Waals surface area contributed by atoms with Gasteiger partial charge in [-0.3, -0.25) is 0 Å². The minimum atomic E-state index is -1.03. The smallest absolute Gasteiger partial charge is 0.337 e. The highest BCUT2D eigenvalue weighted by Gasteiger charge is 2.17. The standard InChI is InChI=1S/C11H14ClNO3/c1-7(6-14)13(2)10-4-3-8(12)5-9(10)11(15)16/h3-5,7,14H,6H2,1-2H3,(H,15,16). The van der Waals surface area contributed by atoms with Crippen molar-refractivity contribution >= 4 is 23.3 Å². The van der Waals surface area contributed by atoms with Crippen molar-refractivity contribution in [3.05, 3.63) is 28.8 Å². The largest absolute Gasteiger partial charge is 0.478 e. The van der Waals surface area contributed by atoms with Crippen LogP contribution in [0.1, 0.15) is 17.3 Å². The van der Waals surface area contributed by atoms with Gasteiger partial charge in [-0.05, 0) is 25.1 Å². The molecule has 0 amide bonds. The molecule has 2 N–H and O–H groups in total. The summed E-state index contributed by atoms with van der Waals surface area (Å²) in [5.41, 5.74) is 0.675. The van der Waals surface area contributed by atoms with Gasteiger partial charge in [0.2, 0.25) is 0 Å². The Balaban J connectivity index is 3.17. The van der Waals surface area contributed by atoms with Crippen LogP contribution >= 0.6 is 11.6 Å². The van der Waals surface area contributed by atoms with Crippen LogP contribution in [0.4, 0.5) is 5.69 Å². The molecule has 88 valence electrons. The van der Waals surface area contributed by atoms with Gasteiger partial charge in [0, 0.05) is 18.1 Å². The summed E-state index contributed by atoms with van der Waals surface area (Å²) in [6.07, 6.45) is 0. The van der Waals surface area contributed by atoms with Gasteiger partial charge in [-0.25, -0.2) is 4.79 Å². The molecule has 5 heteroatoms. The third-order valence-corrected chi connectivity index (χ3v) is 2.73. The Labute approximate surface area is 99.1 Å². The summed E-state index contributed by atoms with van der Waals surface area (Å²) in [5.74, 6) is -1.03. The van der Waals surface area contributed by atoms with Gasteiger partial charge in [-0.1, -0.05) is 11.6 Å². The third kappa shape index (κ3) is 2.65. The molecule has 16 heavy (non-hydrogen) atoms. The highest BCUT2D eigenvalue weighted by Crippen LogP contribution is 2.24. The molecule has 0 heterocycles. The van der Waals surface area contributed by atoms with Crippen LogP contribution in [-0.4, -0.2) is 35.9 Å². The number of aliphatic hydroxyl groups excluding tert-OH is 1. The summed E-state index contributed by atoms with van der Waals surface area (Å²) in [5, 5.41) is 18.5. The first-order chi connectivity index (χ1) is 7.47. The number of hydrogen-bond acceptors (Lipinski definition) is 3. The van der Waals surface area contributed by atoms with Gasteiger partial charge in [0.1, 0.15) is 0 Å². The molecular formula is C11H14ClNO3. The van der Waals surface area contributed by atoms with Crippen molar-refractivity contribution in [3.63, 3.8) is 0 Å². The van der Waals surface area contributed by atoms with Gasteiger partial charge in [0.25, 0.3) is 0 Å². The number of benzene rings is 1. The zero-order valence-corrected chi connectivity index (χ0v) is 9.90. The molecule has 0 aromatic heterocycles. The van der Waals surface area contributed by atoms with Crippen LogP contribution < -0.4 is 4.90 Å². The van der Waals surface area contributed by atoms with E-state index in [0.717, 1.165) is 0 Å². The number of aliphatic hydroxyl groups is 1. The van der Waals surface area contributed by atoms with Crippen LogP contribution in [0.3, 0.4) is 0 Å². The van der Waals surface area contributed by atoms with Gasteiger partial charge in [0.15, 0.2) is 0 Å². The van der Waals surface area contributed by atoms with E-state index in [1.807, 2.05) is 0 Å². The summed E-state index contributed by atoms with van der Waals surface area (Å²) in [7, 11) is 1.73. The number of rotatable bonds is 4. The zero-order chi connectivity index (χ0) is 12.3. The minimum absolute atomic E-state index is 0.0435. The molecule has 0 bridgehead atoms. The SMILES string of the molecule is CC(CO)N(C)c1ccc(Cl)cc1C(=O)O. The molecule has 1 aromatic rings. The van der Waals surface area contributed by atoms with E-state index in [-0.39, 0.29) is 18.2 Å². The van der Waals surface area contributed by atoms with Crippen molar-refractivity contribution in [2.45, 2.75) is 13.0 Å². The maximum absolute atomic E-state index is 11.0. The number of halogens is 1. The van der Waals surface area contributed by atoms with Crippen molar-refractivity contribution < 1.29 is 15.0 Å². The van der Waals surface area contributed by atoms with E-state index in [4.69, 9.17) is 21.8 Å². The van der Waals surface area contributed by atoms with E-state index in [1.54, 1.807) is 31.0 Å². The van der Waals surface area contributed by atoms with Crippen molar-refractivity contribution in [1.29, 1.82) is 0 Å². The van der Waals surface area contributed by atoms with E-state index in [2.05, 4.69) is 0 Å². The number of carbonyl (C=O) groups is 1. The summed E-state index contributed by atoms with van der Waals surface area (Å²) in [6, 6.07) is 4.51. The Bertz CT molecular complexity index is 395. The average Bonchev–Trinajstić information content (AvgIpc) is 2.26. The second-order valence-corrected chi connectivity index (χ2v) is 4.05. The molecule has 1 atom stereocenters. The van der Waals surface area contributed by atoms with E-state index >= 15 is 0 Å². The molecule has 1 unspecified atom stereocenters. The third-order valence-electron chi connectivity index (χ3n) is 2.49. The molecular weight excluding hydrogens is 230 g/mol. The van der Waals surface area contributed by atoms with E-state index in [1.165, 1.54) is 6.07 Å². The van der Waals surface area contributed by atoms with Gasteiger partial charge >= 0.3 is 5.97 Å². The first-order valence-electron chi connectivity index (χ1n) is 4.84. The van der Waals surface area contributed by atoms with Crippen LogP contribution in [0.15, 0.2) is 18.2 Å². The van der Waals surface area contributed by atoms with Crippen molar-refractivity contribution in [2.75, 3.05) is 18.6 Å². The topological polar surface area (TPSA) is 60.8 Å². The Hall–Kier alpha value is -1.26. The highest BCUT2D eigenvalue weighted by molar-refractivity contribution is 6.31. The van der Waals surface area contributed by atoms with Crippen molar-refractivity contribution in [3.8, 4) is 0 Å². The molecule has 4 nitrogen and oxygen atoms in total. The lowest BCUT2D eigenvalue weighted by Crippen LogP contribution is -2.32. The second kappa shape index (κ2) is 5.18. The number of carboxylic acids is 1. The van der Waals surface area contributed by atoms with Gasteiger partial charge in [0.05, 0.1) is 17.9 Å². The first-order valence-corrected chi connectivity index (χ1v) is 5.21. The van der Waals surface area contributed by atoms with Crippen LogP contribution in [-0.2, 0) is 0 Å². The number of anilines is 1. The van der Waals surface area contributed by atoms with Crippen LogP contribution in [0.5, 0.6) is 0 Å². The molecule has 0 spiro atoms. The lowest BCUT2D eigenvalue weighted by molar-refractivity contribution is 0.0697. The monoisotopic (exact) mass is 243 g/mol. The Kier molecular flexibility index (Phi) is 4.15. The summed E-state index contributed by atoms with van der Waals surface area (Å²) >= 11 is 5.75. The molecule has 0 saturated carbocycles. The van der Waals surface area contributed by atoms with Crippen LogP contribution in [0.25, 0.3) is 0 Å². The normalized spacial score (nSPS) is 12.2. The maximum atomic E-state index is 11.0. The fourth-order valence-corrected chi connectivity index (χ4v) is 1.52.